The van der Waals surface area contributed by atoms with Gasteiger partial charge in [0.1, 0.15) is 5.75 Å². The average Bonchev–Trinajstić information content (AvgIpc) is 2.43. The van der Waals surface area contributed by atoms with Crippen LogP contribution in [-0.2, 0) is 0 Å². The van der Waals surface area contributed by atoms with Gasteiger partial charge in [0, 0.05) is 0 Å². The van der Waals surface area contributed by atoms with Gasteiger partial charge in [0.2, 0.25) is 0 Å². The predicted molar refractivity (Wildman–Crippen MR) is 75.0 cm³/mol. The summed E-state index contributed by atoms with van der Waals surface area (Å²) in [6.45, 7) is 2.66. The fourth-order valence-corrected chi connectivity index (χ4v) is 1.97. The van der Waals surface area contributed by atoms with Gasteiger partial charge in [-0.1, -0.05) is 37.3 Å². The van der Waals surface area contributed by atoms with Crippen LogP contribution in [0.2, 0.25) is 0 Å². The van der Waals surface area contributed by atoms with Gasteiger partial charge in [-0.2, -0.15) is 0 Å². The van der Waals surface area contributed by atoms with Crippen LogP contribution in [0.3, 0.4) is 0 Å². The highest BCUT2D eigenvalue weighted by Gasteiger charge is 2.01. The van der Waals surface area contributed by atoms with Crippen LogP contribution in [-0.4, -0.2) is 17.8 Å². The zero-order valence-corrected chi connectivity index (χ0v) is 10.8. The van der Waals surface area contributed by atoms with E-state index in [0.29, 0.717) is 6.61 Å². The maximum atomic E-state index is 9.44. The van der Waals surface area contributed by atoms with E-state index in [1.807, 2.05) is 25.1 Å². The van der Waals surface area contributed by atoms with Crippen molar-refractivity contribution in [2.75, 3.05) is 6.61 Å². The van der Waals surface area contributed by atoms with Gasteiger partial charge >= 0.3 is 0 Å². The first kappa shape index (κ1) is 12.9. The van der Waals surface area contributed by atoms with Crippen molar-refractivity contribution in [1.82, 2.24) is 0 Å². The van der Waals surface area contributed by atoms with E-state index >= 15 is 0 Å². The van der Waals surface area contributed by atoms with E-state index in [1.54, 1.807) is 0 Å². The summed E-state index contributed by atoms with van der Waals surface area (Å²) in [7, 11) is 0. The summed E-state index contributed by atoms with van der Waals surface area (Å²) >= 11 is 0. The van der Waals surface area contributed by atoms with Crippen molar-refractivity contribution < 1.29 is 9.84 Å². The molecule has 0 heterocycles. The third kappa shape index (κ3) is 3.47. The minimum Gasteiger partial charge on any atom is -0.494 e. The van der Waals surface area contributed by atoms with Crippen LogP contribution in [0.25, 0.3) is 10.8 Å². The Balaban J connectivity index is 1.88. The Labute approximate surface area is 108 Å². The molecule has 2 aromatic rings. The second-order valence-corrected chi connectivity index (χ2v) is 4.56. The van der Waals surface area contributed by atoms with Crippen LogP contribution in [0.15, 0.2) is 42.5 Å². The molecule has 0 aromatic heterocycles. The molecule has 1 atom stereocenters. The summed E-state index contributed by atoms with van der Waals surface area (Å²) < 4.78 is 5.70. The molecule has 0 spiro atoms. The molecule has 0 aliphatic carbocycles. The Morgan fingerprint density at radius 1 is 1.11 bits per heavy atom. The molecule has 0 bridgehead atoms. The molecule has 0 saturated carbocycles. The summed E-state index contributed by atoms with van der Waals surface area (Å²) in [6.07, 6.45) is 2.33. The van der Waals surface area contributed by atoms with Crippen molar-refractivity contribution in [3.63, 3.8) is 0 Å². The minimum atomic E-state index is -0.190. The molecule has 18 heavy (non-hydrogen) atoms. The number of rotatable bonds is 6. The highest BCUT2D eigenvalue weighted by molar-refractivity contribution is 5.83. The Kier molecular flexibility index (Phi) is 4.59. The predicted octanol–water partition coefficient (Wildman–Crippen LogP) is 3.77. The summed E-state index contributed by atoms with van der Waals surface area (Å²) in [5, 5.41) is 11.9. The normalized spacial score (nSPS) is 12.6. The first-order valence-electron chi connectivity index (χ1n) is 6.59. The van der Waals surface area contributed by atoms with Crippen molar-refractivity contribution in [2.45, 2.75) is 32.3 Å². The Bertz CT molecular complexity index is 493. The highest BCUT2D eigenvalue weighted by atomic mass is 16.5. The van der Waals surface area contributed by atoms with Gasteiger partial charge < -0.3 is 9.84 Å². The lowest BCUT2D eigenvalue weighted by atomic mass is 10.1. The molecule has 1 N–H and O–H groups in total. The maximum absolute atomic E-state index is 9.44. The van der Waals surface area contributed by atoms with Gasteiger partial charge in [-0.15, -0.1) is 0 Å². The number of benzene rings is 2. The van der Waals surface area contributed by atoms with Crippen molar-refractivity contribution in [2.24, 2.45) is 0 Å². The van der Waals surface area contributed by atoms with Crippen molar-refractivity contribution in [3.8, 4) is 5.75 Å². The zero-order chi connectivity index (χ0) is 12.8. The minimum absolute atomic E-state index is 0.190. The zero-order valence-electron chi connectivity index (χ0n) is 10.8. The Hall–Kier alpha value is -1.54. The molecule has 0 aliphatic rings. The van der Waals surface area contributed by atoms with Crippen LogP contribution >= 0.6 is 0 Å². The van der Waals surface area contributed by atoms with Crippen molar-refractivity contribution >= 4 is 10.8 Å². The molecule has 0 amide bonds. The Morgan fingerprint density at radius 2 is 1.89 bits per heavy atom. The van der Waals surface area contributed by atoms with E-state index in [0.717, 1.165) is 25.0 Å². The lowest BCUT2D eigenvalue weighted by molar-refractivity contribution is 0.149. The molecule has 2 rings (SSSR count). The first-order valence-corrected chi connectivity index (χ1v) is 6.59. The average molecular weight is 244 g/mol. The molecule has 0 radical (unpaired) electrons. The summed E-state index contributed by atoms with van der Waals surface area (Å²) in [5.41, 5.74) is 0. The maximum Gasteiger partial charge on any atom is 0.119 e. The molecule has 2 heteroatoms. The number of aliphatic hydroxyl groups excluding tert-OH is 1. The van der Waals surface area contributed by atoms with Crippen LogP contribution < -0.4 is 4.74 Å². The van der Waals surface area contributed by atoms with Crippen molar-refractivity contribution in [1.29, 1.82) is 0 Å². The number of ether oxygens (including phenoxy) is 1. The number of hydrogen-bond acceptors (Lipinski definition) is 2. The van der Waals surface area contributed by atoms with E-state index < -0.39 is 0 Å². The third-order valence-electron chi connectivity index (χ3n) is 3.14. The van der Waals surface area contributed by atoms with E-state index in [2.05, 4.69) is 24.3 Å². The largest absolute Gasteiger partial charge is 0.494 e. The lowest BCUT2D eigenvalue weighted by Gasteiger charge is -2.09. The van der Waals surface area contributed by atoms with Gasteiger partial charge in [0.05, 0.1) is 12.7 Å². The monoisotopic (exact) mass is 244 g/mol. The fraction of sp³-hybridized carbons (Fsp3) is 0.375. The quantitative estimate of drug-likeness (QED) is 0.784. The van der Waals surface area contributed by atoms with Gasteiger partial charge in [-0.05, 0) is 42.2 Å². The van der Waals surface area contributed by atoms with E-state index in [1.165, 1.54) is 10.8 Å². The topological polar surface area (TPSA) is 29.5 Å². The lowest BCUT2D eigenvalue weighted by Crippen LogP contribution is -2.07. The first-order chi connectivity index (χ1) is 8.79. The van der Waals surface area contributed by atoms with E-state index in [9.17, 15) is 5.11 Å². The van der Waals surface area contributed by atoms with Crippen LogP contribution in [0.5, 0.6) is 5.75 Å². The van der Waals surface area contributed by atoms with Crippen LogP contribution in [0, 0.1) is 0 Å². The molecule has 2 aromatic carbocycles. The second-order valence-electron chi connectivity index (χ2n) is 4.56. The molecule has 0 aliphatic heterocycles. The van der Waals surface area contributed by atoms with E-state index in [4.69, 9.17) is 4.74 Å². The second kappa shape index (κ2) is 6.41. The standard InChI is InChI=1S/C16H20O2/c1-2-15(17)8-5-11-18-16-10-9-13-6-3-4-7-14(13)12-16/h3-4,6-7,9-10,12,15,17H,2,5,8,11H2,1H3. The smallest absolute Gasteiger partial charge is 0.119 e. The fourth-order valence-electron chi connectivity index (χ4n) is 1.97. The summed E-state index contributed by atoms with van der Waals surface area (Å²) in [5.74, 6) is 0.902. The molecule has 1 unspecified atom stereocenters. The van der Waals surface area contributed by atoms with Crippen molar-refractivity contribution in [3.05, 3.63) is 42.5 Å². The third-order valence-corrected chi connectivity index (χ3v) is 3.14. The van der Waals surface area contributed by atoms with Crippen LogP contribution in [0.4, 0.5) is 0 Å². The summed E-state index contributed by atoms with van der Waals surface area (Å²) in [4.78, 5) is 0. The molecule has 96 valence electrons. The van der Waals surface area contributed by atoms with Crippen LogP contribution in [0.1, 0.15) is 26.2 Å². The van der Waals surface area contributed by atoms with Gasteiger partial charge in [0.15, 0.2) is 0 Å². The molecule has 2 nitrogen and oxygen atoms in total. The number of hydrogen-bond donors (Lipinski definition) is 1. The molecule has 0 saturated heterocycles. The SMILES string of the molecule is CCC(O)CCCOc1ccc2ccccc2c1. The number of aliphatic hydroxyl groups is 1. The van der Waals surface area contributed by atoms with Gasteiger partial charge in [-0.25, -0.2) is 0 Å². The van der Waals surface area contributed by atoms with E-state index in [-0.39, 0.29) is 6.10 Å². The number of fused-ring (bicyclic) bond motifs is 1. The highest BCUT2D eigenvalue weighted by Crippen LogP contribution is 2.20. The Morgan fingerprint density at radius 3 is 2.67 bits per heavy atom. The molecule has 0 fully saturated rings. The molecular weight excluding hydrogens is 224 g/mol. The molecular formula is C16H20O2. The van der Waals surface area contributed by atoms with Gasteiger partial charge in [0.25, 0.3) is 0 Å². The van der Waals surface area contributed by atoms with Gasteiger partial charge in [-0.3, -0.25) is 0 Å². The summed E-state index contributed by atoms with van der Waals surface area (Å²) in [6, 6.07) is 14.4.